The van der Waals surface area contributed by atoms with Crippen LogP contribution in [0.25, 0.3) is 5.69 Å². The molecule has 2 N–H and O–H groups in total. The number of nitrogens with zero attached hydrogens (tertiary/aromatic N) is 4. The summed E-state index contributed by atoms with van der Waals surface area (Å²) < 4.78 is 1.48. The summed E-state index contributed by atoms with van der Waals surface area (Å²) in [7, 11) is 0. The van der Waals surface area contributed by atoms with Crippen LogP contribution in [0, 0.1) is 5.92 Å². The fraction of sp³-hybridized carbons (Fsp3) is 0.211. The average Bonchev–Trinajstić information content (AvgIpc) is 3.21. The SMILES string of the molecule is CC(C)C(NC(=O)c1ccc(Cl)cc1)C(=O)Nc1cccc(-n2cnnn2)c1. The second kappa shape index (κ2) is 8.62. The maximum atomic E-state index is 12.8. The largest absolute Gasteiger partial charge is 0.340 e. The third-order valence-electron chi connectivity index (χ3n) is 4.07. The molecule has 0 bridgehead atoms. The molecule has 0 aliphatic rings. The molecule has 2 aromatic carbocycles. The Hall–Kier alpha value is -3.26. The number of halogens is 1. The maximum Gasteiger partial charge on any atom is 0.251 e. The molecule has 8 nitrogen and oxygen atoms in total. The molecule has 144 valence electrons. The Morgan fingerprint density at radius 2 is 1.86 bits per heavy atom. The van der Waals surface area contributed by atoms with Gasteiger partial charge in [0, 0.05) is 16.3 Å². The minimum atomic E-state index is -0.708. The van der Waals surface area contributed by atoms with Crippen LogP contribution in [0.4, 0.5) is 5.69 Å². The zero-order valence-corrected chi connectivity index (χ0v) is 16.1. The van der Waals surface area contributed by atoms with E-state index in [4.69, 9.17) is 11.6 Å². The van der Waals surface area contributed by atoms with Gasteiger partial charge >= 0.3 is 0 Å². The minimum Gasteiger partial charge on any atom is -0.340 e. The molecular weight excluding hydrogens is 380 g/mol. The van der Waals surface area contributed by atoms with E-state index in [2.05, 4.69) is 26.2 Å². The third kappa shape index (κ3) is 4.72. The highest BCUT2D eigenvalue weighted by atomic mass is 35.5. The van der Waals surface area contributed by atoms with Crippen molar-refractivity contribution in [2.24, 2.45) is 5.92 Å². The lowest BCUT2D eigenvalue weighted by Gasteiger charge is -2.22. The van der Waals surface area contributed by atoms with Gasteiger partial charge in [-0.2, -0.15) is 0 Å². The van der Waals surface area contributed by atoms with E-state index >= 15 is 0 Å². The molecular formula is C19H19ClN6O2. The van der Waals surface area contributed by atoms with Crippen molar-refractivity contribution in [3.63, 3.8) is 0 Å². The van der Waals surface area contributed by atoms with Gasteiger partial charge in [0.15, 0.2) is 0 Å². The molecule has 0 saturated heterocycles. The predicted molar refractivity (Wildman–Crippen MR) is 105 cm³/mol. The Labute approximate surface area is 166 Å². The Morgan fingerprint density at radius 1 is 1.11 bits per heavy atom. The van der Waals surface area contributed by atoms with E-state index in [0.29, 0.717) is 22.0 Å². The first-order valence-corrected chi connectivity index (χ1v) is 9.02. The topological polar surface area (TPSA) is 102 Å². The van der Waals surface area contributed by atoms with Gasteiger partial charge < -0.3 is 10.6 Å². The molecule has 28 heavy (non-hydrogen) atoms. The van der Waals surface area contributed by atoms with Crippen molar-refractivity contribution in [3.8, 4) is 5.69 Å². The van der Waals surface area contributed by atoms with Gasteiger partial charge in [-0.15, -0.1) is 5.10 Å². The van der Waals surface area contributed by atoms with Gasteiger partial charge in [0.25, 0.3) is 5.91 Å². The fourth-order valence-corrected chi connectivity index (χ4v) is 2.71. The summed E-state index contributed by atoms with van der Waals surface area (Å²) in [6.45, 7) is 3.73. The van der Waals surface area contributed by atoms with Gasteiger partial charge in [0.05, 0.1) is 5.69 Å². The van der Waals surface area contributed by atoms with Gasteiger partial charge in [-0.1, -0.05) is 31.5 Å². The van der Waals surface area contributed by atoms with Crippen LogP contribution in [0.15, 0.2) is 54.9 Å². The molecule has 1 aromatic heterocycles. The standard InChI is InChI=1S/C19H19ClN6O2/c1-12(2)17(23-18(27)13-6-8-14(20)9-7-13)19(28)22-15-4-3-5-16(10-15)26-11-21-24-25-26/h3-12,17H,1-2H3,(H,22,28)(H,23,27). The Kier molecular flexibility index (Phi) is 6.00. The molecule has 0 fully saturated rings. The third-order valence-corrected chi connectivity index (χ3v) is 4.32. The minimum absolute atomic E-state index is 0.112. The number of hydrogen-bond acceptors (Lipinski definition) is 5. The van der Waals surface area contributed by atoms with Crippen molar-refractivity contribution in [2.75, 3.05) is 5.32 Å². The van der Waals surface area contributed by atoms with E-state index < -0.39 is 6.04 Å². The molecule has 2 amide bonds. The number of rotatable bonds is 6. The fourth-order valence-electron chi connectivity index (χ4n) is 2.59. The number of amides is 2. The molecule has 0 aliphatic carbocycles. The molecule has 1 atom stereocenters. The van der Waals surface area contributed by atoms with Gasteiger partial charge in [-0.3, -0.25) is 9.59 Å². The molecule has 0 aliphatic heterocycles. The first-order valence-electron chi connectivity index (χ1n) is 8.65. The maximum absolute atomic E-state index is 12.8. The van der Waals surface area contributed by atoms with Gasteiger partial charge in [-0.25, -0.2) is 4.68 Å². The molecule has 1 heterocycles. The normalized spacial score (nSPS) is 11.9. The van der Waals surface area contributed by atoms with E-state index in [1.54, 1.807) is 42.5 Å². The summed E-state index contributed by atoms with van der Waals surface area (Å²) in [4.78, 5) is 25.3. The van der Waals surface area contributed by atoms with Crippen LogP contribution < -0.4 is 10.6 Å². The summed E-state index contributed by atoms with van der Waals surface area (Å²) in [5.41, 5.74) is 1.71. The number of tetrazole rings is 1. The van der Waals surface area contributed by atoms with E-state index in [9.17, 15) is 9.59 Å². The monoisotopic (exact) mass is 398 g/mol. The summed E-state index contributed by atoms with van der Waals surface area (Å²) in [6, 6.07) is 12.9. The van der Waals surface area contributed by atoms with E-state index in [1.165, 1.54) is 11.0 Å². The zero-order valence-electron chi connectivity index (χ0n) is 15.3. The highest BCUT2D eigenvalue weighted by Crippen LogP contribution is 2.15. The number of nitrogens with one attached hydrogen (secondary N) is 2. The van der Waals surface area contributed by atoms with Crippen LogP contribution >= 0.6 is 11.6 Å². The van der Waals surface area contributed by atoms with Gasteiger partial charge in [-0.05, 0) is 58.8 Å². The first kappa shape index (κ1) is 19.5. The molecule has 0 saturated carbocycles. The van der Waals surface area contributed by atoms with E-state index in [1.807, 2.05) is 19.9 Å². The second-order valence-electron chi connectivity index (χ2n) is 6.50. The lowest BCUT2D eigenvalue weighted by Crippen LogP contribution is -2.47. The summed E-state index contributed by atoms with van der Waals surface area (Å²) in [5, 5.41) is 17.2. The van der Waals surface area contributed by atoms with Crippen molar-refractivity contribution in [2.45, 2.75) is 19.9 Å². The smallest absolute Gasteiger partial charge is 0.251 e. The number of aromatic nitrogens is 4. The molecule has 0 radical (unpaired) electrons. The van der Waals surface area contributed by atoms with Crippen molar-refractivity contribution in [1.82, 2.24) is 25.5 Å². The molecule has 3 aromatic rings. The van der Waals surface area contributed by atoms with Crippen molar-refractivity contribution >= 4 is 29.1 Å². The van der Waals surface area contributed by atoms with Crippen LogP contribution in [-0.4, -0.2) is 38.1 Å². The van der Waals surface area contributed by atoms with Crippen LogP contribution in [0.5, 0.6) is 0 Å². The summed E-state index contributed by atoms with van der Waals surface area (Å²) in [5.74, 6) is -0.766. The first-order chi connectivity index (χ1) is 13.4. The van der Waals surface area contributed by atoms with Crippen LogP contribution in [0.2, 0.25) is 5.02 Å². The Morgan fingerprint density at radius 3 is 2.50 bits per heavy atom. The second-order valence-corrected chi connectivity index (χ2v) is 6.93. The van der Waals surface area contributed by atoms with Crippen LogP contribution in [-0.2, 0) is 4.79 Å². The molecule has 9 heteroatoms. The molecule has 0 spiro atoms. The predicted octanol–water partition coefficient (Wildman–Crippen LogP) is 2.71. The summed E-state index contributed by atoms with van der Waals surface area (Å²) >= 11 is 5.85. The Bertz CT molecular complexity index is 957. The van der Waals surface area contributed by atoms with Crippen LogP contribution in [0.3, 0.4) is 0 Å². The number of hydrogen-bond donors (Lipinski definition) is 2. The quantitative estimate of drug-likeness (QED) is 0.664. The van der Waals surface area contributed by atoms with Crippen molar-refractivity contribution in [1.29, 1.82) is 0 Å². The van der Waals surface area contributed by atoms with Gasteiger partial charge in [0.2, 0.25) is 5.91 Å². The lowest BCUT2D eigenvalue weighted by atomic mass is 10.0. The van der Waals surface area contributed by atoms with E-state index in [0.717, 1.165) is 0 Å². The van der Waals surface area contributed by atoms with Crippen molar-refractivity contribution < 1.29 is 9.59 Å². The number of carbonyl (C=O) groups excluding carboxylic acids is 2. The Balaban J connectivity index is 1.72. The molecule has 3 rings (SSSR count). The van der Waals surface area contributed by atoms with E-state index in [-0.39, 0.29) is 17.7 Å². The number of benzene rings is 2. The van der Waals surface area contributed by atoms with Crippen LogP contribution in [0.1, 0.15) is 24.2 Å². The zero-order chi connectivity index (χ0) is 20.1. The molecule has 1 unspecified atom stereocenters. The highest BCUT2D eigenvalue weighted by molar-refractivity contribution is 6.30. The summed E-state index contributed by atoms with van der Waals surface area (Å²) in [6.07, 6.45) is 1.46. The number of anilines is 1. The van der Waals surface area contributed by atoms with Crippen molar-refractivity contribution in [3.05, 3.63) is 65.4 Å². The number of carbonyl (C=O) groups is 2. The lowest BCUT2D eigenvalue weighted by molar-refractivity contribution is -0.118. The average molecular weight is 399 g/mol. The highest BCUT2D eigenvalue weighted by Gasteiger charge is 2.25. The van der Waals surface area contributed by atoms with Gasteiger partial charge in [0.1, 0.15) is 12.4 Å².